The molecule has 3 rings (SSSR count). The zero-order valence-electron chi connectivity index (χ0n) is 20.2. The number of ether oxygens (including phenoxy) is 2. The van der Waals surface area contributed by atoms with Gasteiger partial charge in [-0.15, -0.1) is 0 Å². The largest absolute Gasteiger partial charge is 0.493 e. The van der Waals surface area contributed by atoms with Crippen molar-refractivity contribution in [3.8, 4) is 11.5 Å². The average molecular weight is 583 g/mol. The Morgan fingerprint density at radius 2 is 1.84 bits per heavy atom. The van der Waals surface area contributed by atoms with Crippen molar-refractivity contribution in [2.45, 2.75) is 12.8 Å². The predicted molar refractivity (Wildman–Crippen MR) is 142 cm³/mol. The summed E-state index contributed by atoms with van der Waals surface area (Å²) >= 11 is 3.32. The summed E-state index contributed by atoms with van der Waals surface area (Å²) < 4.78 is 11.4. The molecule has 0 bridgehead atoms. The van der Waals surface area contributed by atoms with E-state index in [0.717, 1.165) is 0 Å². The van der Waals surface area contributed by atoms with E-state index in [1.807, 2.05) is 0 Å². The van der Waals surface area contributed by atoms with E-state index in [1.165, 1.54) is 37.6 Å². The molecule has 2 amide bonds. The Hall–Kier alpha value is -4.58. The lowest BCUT2D eigenvalue weighted by molar-refractivity contribution is -0.384. The Morgan fingerprint density at radius 1 is 1.05 bits per heavy atom. The van der Waals surface area contributed by atoms with Crippen LogP contribution in [0.15, 0.2) is 76.3 Å². The highest BCUT2D eigenvalue weighted by Gasteiger charge is 2.15. The molecular formula is C26H23BrN4O7. The van der Waals surface area contributed by atoms with Crippen molar-refractivity contribution in [1.82, 2.24) is 10.7 Å². The third-order valence-corrected chi connectivity index (χ3v) is 5.76. The van der Waals surface area contributed by atoms with Crippen molar-refractivity contribution < 1.29 is 28.8 Å². The highest BCUT2D eigenvalue weighted by Crippen LogP contribution is 2.29. The van der Waals surface area contributed by atoms with E-state index in [-0.39, 0.29) is 35.9 Å². The molecule has 0 fully saturated rings. The third kappa shape index (κ3) is 7.96. The lowest BCUT2D eigenvalue weighted by Gasteiger charge is -2.10. The summed E-state index contributed by atoms with van der Waals surface area (Å²) in [7, 11) is 1.44. The van der Waals surface area contributed by atoms with E-state index in [0.29, 0.717) is 27.8 Å². The number of non-ortho nitro benzene ring substituents is 1. The number of hydrogen-bond acceptors (Lipinski definition) is 8. The van der Waals surface area contributed by atoms with E-state index in [9.17, 15) is 24.5 Å². The van der Waals surface area contributed by atoms with Gasteiger partial charge in [0.15, 0.2) is 11.5 Å². The highest BCUT2D eigenvalue weighted by molar-refractivity contribution is 9.10. The molecule has 0 saturated carbocycles. The van der Waals surface area contributed by atoms with Crippen LogP contribution >= 0.6 is 15.9 Å². The number of nitrogens with zero attached hydrogens (tertiary/aromatic N) is 2. The standard InChI is InChI=1S/C26H23BrN4O7/c1-37-23-14-17(11-12-22(23)38-26(34)20-8-2-3-9-21(20)27)16-29-30-24(32)10-5-13-28-25(33)18-6-4-7-19(15-18)31(35)36/h2-4,6-9,11-12,14-16H,5,10,13H2,1H3,(H,28,33)(H,30,32)/b29-16+. The smallest absolute Gasteiger partial charge is 0.344 e. The van der Waals surface area contributed by atoms with Gasteiger partial charge in [-0.25, -0.2) is 10.2 Å². The first kappa shape index (κ1) is 28.0. The first-order chi connectivity index (χ1) is 18.3. The lowest BCUT2D eigenvalue weighted by atomic mass is 10.2. The molecule has 0 saturated heterocycles. The Bertz CT molecular complexity index is 1380. The van der Waals surface area contributed by atoms with Crippen LogP contribution in [0.2, 0.25) is 0 Å². The zero-order chi connectivity index (χ0) is 27.5. The molecule has 196 valence electrons. The Morgan fingerprint density at radius 3 is 2.58 bits per heavy atom. The third-order valence-electron chi connectivity index (χ3n) is 5.07. The molecule has 0 aromatic heterocycles. The quantitative estimate of drug-likeness (QED) is 0.0856. The van der Waals surface area contributed by atoms with Crippen LogP contribution in [0, 0.1) is 10.1 Å². The van der Waals surface area contributed by atoms with Gasteiger partial charge in [0.05, 0.1) is 23.8 Å². The first-order valence-electron chi connectivity index (χ1n) is 11.3. The van der Waals surface area contributed by atoms with Gasteiger partial charge in [0.1, 0.15) is 0 Å². The molecule has 3 aromatic rings. The maximum atomic E-state index is 12.5. The molecule has 0 unspecified atom stereocenters. The number of hydrogen-bond donors (Lipinski definition) is 2. The van der Waals surface area contributed by atoms with Gasteiger partial charge in [0.2, 0.25) is 5.91 Å². The predicted octanol–water partition coefficient (Wildman–Crippen LogP) is 4.25. The van der Waals surface area contributed by atoms with Gasteiger partial charge in [-0.2, -0.15) is 5.10 Å². The van der Waals surface area contributed by atoms with Crippen LogP contribution in [0.5, 0.6) is 11.5 Å². The maximum absolute atomic E-state index is 12.5. The molecule has 0 radical (unpaired) electrons. The normalized spacial score (nSPS) is 10.6. The van der Waals surface area contributed by atoms with E-state index in [1.54, 1.807) is 42.5 Å². The summed E-state index contributed by atoms with van der Waals surface area (Å²) in [6.45, 7) is 0.204. The number of carbonyl (C=O) groups is 3. The molecule has 11 nitrogen and oxygen atoms in total. The van der Waals surface area contributed by atoms with Crippen molar-refractivity contribution in [2.75, 3.05) is 13.7 Å². The molecule has 0 atom stereocenters. The van der Waals surface area contributed by atoms with E-state index in [4.69, 9.17) is 9.47 Å². The van der Waals surface area contributed by atoms with Crippen molar-refractivity contribution in [2.24, 2.45) is 5.10 Å². The van der Waals surface area contributed by atoms with E-state index in [2.05, 4.69) is 31.8 Å². The van der Waals surface area contributed by atoms with Gasteiger partial charge in [0.25, 0.3) is 11.6 Å². The van der Waals surface area contributed by atoms with Crippen molar-refractivity contribution in [3.63, 3.8) is 0 Å². The number of nitro benzene ring substituents is 1. The Kier molecular flexibility index (Phi) is 10.1. The second-order valence-corrected chi connectivity index (χ2v) is 8.59. The highest BCUT2D eigenvalue weighted by atomic mass is 79.9. The maximum Gasteiger partial charge on any atom is 0.344 e. The van der Waals surface area contributed by atoms with E-state index < -0.39 is 16.8 Å². The minimum Gasteiger partial charge on any atom is -0.493 e. The Balaban J connectivity index is 1.45. The lowest BCUT2D eigenvalue weighted by Crippen LogP contribution is -2.26. The number of halogens is 1. The van der Waals surface area contributed by atoms with Crippen LogP contribution < -0.4 is 20.2 Å². The minimum absolute atomic E-state index is 0.0970. The number of nitrogens with one attached hydrogen (secondary N) is 2. The van der Waals surface area contributed by atoms with Gasteiger partial charge in [0, 0.05) is 35.1 Å². The molecule has 2 N–H and O–H groups in total. The summed E-state index contributed by atoms with van der Waals surface area (Å²) in [5.41, 5.74) is 3.34. The average Bonchev–Trinajstić information content (AvgIpc) is 2.92. The number of amides is 2. The first-order valence-corrected chi connectivity index (χ1v) is 12.1. The fourth-order valence-electron chi connectivity index (χ4n) is 3.18. The fraction of sp³-hybridized carbons (Fsp3) is 0.154. The number of rotatable bonds is 11. The molecular weight excluding hydrogens is 560 g/mol. The van der Waals surface area contributed by atoms with Crippen LogP contribution in [0.25, 0.3) is 0 Å². The number of benzene rings is 3. The van der Waals surface area contributed by atoms with E-state index >= 15 is 0 Å². The number of methoxy groups -OCH3 is 1. The Labute approximate surface area is 226 Å². The molecule has 12 heteroatoms. The number of nitro groups is 1. The van der Waals surface area contributed by atoms with Crippen molar-refractivity contribution >= 4 is 45.6 Å². The summed E-state index contributed by atoms with van der Waals surface area (Å²) in [6.07, 6.45) is 1.84. The molecule has 0 spiro atoms. The second kappa shape index (κ2) is 13.7. The number of esters is 1. The summed E-state index contributed by atoms with van der Waals surface area (Å²) in [4.78, 5) is 46.9. The second-order valence-electron chi connectivity index (χ2n) is 7.74. The summed E-state index contributed by atoms with van der Waals surface area (Å²) in [5, 5.41) is 17.3. The molecule has 3 aromatic carbocycles. The molecule has 38 heavy (non-hydrogen) atoms. The van der Waals surface area contributed by atoms with Gasteiger partial charge in [-0.3, -0.25) is 19.7 Å². The topological polar surface area (TPSA) is 149 Å². The molecule has 0 heterocycles. The SMILES string of the molecule is COc1cc(/C=N/NC(=O)CCCNC(=O)c2cccc([N+](=O)[O-])c2)ccc1OC(=O)c1ccccc1Br. The van der Waals surface area contributed by atoms with Gasteiger partial charge in [-0.05, 0) is 64.3 Å². The molecule has 0 aliphatic rings. The van der Waals surface area contributed by atoms with Gasteiger partial charge in [-0.1, -0.05) is 18.2 Å². The summed E-state index contributed by atoms with van der Waals surface area (Å²) in [6, 6.07) is 17.1. The van der Waals surface area contributed by atoms with Gasteiger partial charge >= 0.3 is 5.97 Å². The van der Waals surface area contributed by atoms with Gasteiger partial charge < -0.3 is 14.8 Å². The monoisotopic (exact) mass is 582 g/mol. The number of hydrazone groups is 1. The minimum atomic E-state index is -0.577. The van der Waals surface area contributed by atoms with Crippen LogP contribution in [0.4, 0.5) is 5.69 Å². The van der Waals surface area contributed by atoms with Crippen molar-refractivity contribution in [3.05, 3.63) is 98.0 Å². The van der Waals surface area contributed by atoms with Crippen LogP contribution in [-0.2, 0) is 4.79 Å². The fourth-order valence-corrected chi connectivity index (χ4v) is 3.63. The zero-order valence-corrected chi connectivity index (χ0v) is 21.8. The summed E-state index contributed by atoms with van der Waals surface area (Å²) in [5.74, 6) is -0.851. The van der Waals surface area contributed by atoms with Crippen LogP contribution in [0.3, 0.4) is 0 Å². The molecule has 0 aliphatic carbocycles. The molecule has 0 aliphatic heterocycles. The number of carbonyl (C=O) groups excluding carboxylic acids is 3. The van der Waals surface area contributed by atoms with Crippen LogP contribution in [0.1, 0.15) is 39.1 Å². The van der Waals surface area contributed by atoms with Crippen molar-refractivity contribution in [1.29, 1.82) is 0 Å². The van der Waals surface area contributed by atoms with Crippen LogP contribution in [-0.4, -0.2) is 42.6 Å².